The van der Waals surface area contributed by atoms with Crippen LogP contribution in [0, 0.1) is 10.8 Å². The molecule has 0 amide bonds. The molecule has 1 aromatic rings. The summed E-state index contributed by atoms with van der Waals surface area (Å²) in [5, 5.41) is 0. The van der Waals surface area contributed by atoms with Crippen LogP contribution in [0.3, 0.4) is 0 Å². The fraction of sp³-hybridized carbons (Fsp3) is 0.625. The number of ether oxygens (including phenoxy) is 2. The molecule has 0 radical (unpaired) electrons. The second-order valence-electron chi connectivity index (χ2n) is 9.44. The van der Waals surface area contributed by atoms with Crippen molar-refractivity contribution in [1.29, 1.82) is 0 Å². The number of piperidine rings is 1. The molecule has 3 aliphatic rings. The lowest BCUT2D eigenvalue weighted by Crippen LogP contribution is -2.62. The van der Waals surface area contributed by atoms with Gasteiger partial charge < -0.3 is 14.4 Å². The maximum atomic E-state index is 6.73. The van der Waals surface area contributed by atoms with Gasteiger partial charge in [0.1, 0.15) is 11.8 Å². The van der Waals surface area contributed by atoms with Crippen LogP contribution in [0.2, 0.25) is 0 Å². The van der Waals surface area contributed by atoms with Crippen LogP contribution in [-0.2, 0) is 9.47 Å². The van der Waals surface area contributed by atoms with Crippen molar-refractivity contribution < 1.29 is 9.47 Å². The van der Waals surface area contributed by atoms with E-state index < -0.39 is 0 Å². The average Bonchev–Trinajstić information content (AvgIpc) is 3.18. The van der Waals surface area contributed by atoms with Crippen LogP contribution >= 0.6 is 12.2 Å². The number of allylic oxidation sites excluding steroid dienone is 1. The first kappa shape index (κ1) is 20.1. The summed E-state index contributed by atoms with van der Waals surface area (Å²) in [6, 6.07) is 10.6. The van der Waals surface area contributed by atoms with Gasteiger partial charge in [-0.1, -0.05) is 68.5 Å². The van der Waals surface area contributed by atoms with Gasteiger partial charge in [0.15, 0.2) is 0 Å². The molecule has 0 aromatic heterocycles. The standard InChI is InChI=1S/C24H33NO2S/c1-17-10-9-13-22(17,2)23(3)14-15-24(4)25(21(23)28)19(16-26-5)20(27-24)18-11-7-6-8-12-18/h6-8,11-12,19-20H,1,9-10,13-16H2,2-5H3/t19-,20-,22+,23+,24+/m0/s1. The molecule has 2 aliphatic heterocycles. The number of fused-ring (bicyclic) bond motifs is 1. The van der Waals surface area contributed by atoms with Crippen molar-refractivity contribution in [3.63, 3.8) is 0 Å². The number of rotatable bonds is 4. The van der Waals surface area contributed by atoms with Gasteiger partial charge in [-0.25, -0.2) is 0 Å². The zero-order valence-corrected chi connectivity index (χ0v) is 18.5. The van der Waals surface area contributed by atoms with E-state index in [-0.39, 0.29) is 28.7 Å². The van der Waals surface area contributed by atoms with Crippen molar-refractivity contribution >= 4 is 17.2 Å². The normalized spacial score (nSPS) is 40.8. The van der Waals surface area contributed by atoms with Gasteiger partial charge in [-0.15, -0.1) is 0 Å². The topological polar surface area (TPSA) is 21.7 Å². The highest BCUT2D eigenvalue weighted by Gasteiger charge is 2.62. The smallest absolute Gasteiger partial charge is 0.140 e. The molecule has 0 bridgehead atoms. The number of thiocarbonyl (C=S) groups is 1. The summed E-state index contributed by atoms with van der Waals surface area (Å²) in [4.78, 5) is 3.43. The Morgan fingerprint density at radius 3 is 2.46 bits per heavy atom. The van der Waals surface area contributed by atoms with E-state index in [0.717, 1.165) is 24.3 Å². The molecule has 3 fully saturated rings. The van der Waals surface area contributed by atoms with Gasteiger partial charge in [-0.2, -0.15) is 0 Å². The molecule has 1 aromatic carbocycles. The number of benzene rings is 1. The van der Waals surface area contributed by atoms with Gasteiger partial charge >= 0.3 is 0 Å². The molecular weight excluding hydrogens is 366 g/mol. The zero-order chi connectivity index (χ0) is 20.2. The average molecular weight is 400 g/mol. The van der Waals surface area contributed by atoms with Gasteiger partial charge in [0, 0.05) is 12.5 Å². The number of hydrogen-bond acceptors (Lipinski definition) is 3. The maximum absolute atomic E-state index is 6.73. The molecule has 4 heteroatoms. The van der Waals surface area contributed by atoms with E-state index in [1.54, 1.807) is 7.11 Å². The Hall–Kier alpha value is -1.23. The predicted molar refractivity (Wildman–Crippen MR) is 117 cm³/mol. The Morgan fingerprint density at radius 2 is 1.86 bits per heavy atom. The van der Waals surface area contributed by atoms with Gasteiger partial charge in [0.2, 0.25) is 0 Å². The summed E-state index contributed by atoms with van der Waals surface area (Å²) in [6.07, 6.45) is 5.48. The minimum Gasteiger partial charge on any atom is -0.382 e. The molecule has 28 heavy (non-hydrogen) atoms. The third-order valence-electron chi connectivity index (χ3n) is 7.97. The lowest BCUT2D eigenvalue weighted by atomic mass is 9.58. The van der Waals surface area contributed by atoms with E-state index in [1.807, 2.05) is 6.07 Å². The van der Waals surface area contributed by atoms with Gasteiger partial charge in [-0.05, 0) is 50.0 Å². The van der Waals surface area contributed by atoms with E-state index in [0.29, 0.717) is 6.61 Å². The summed E-state index contributed by atoms with van der Waals surface area (Å²) >= 11 is 6.25. The van der Waals surface area contributed by atoms with E-state index in [4.69, 9.17) is 21.7 Å². The first-order chi connectivity index (χ1) is 13.3. The highest BCUT2D eigenvalue weighted by molar-refractivity contribution is 7.80. The van der Waals surface area contributed by atoms with Crippen LogP contribution in [0.1, 0.15) is 64.5 Å². The summed E-state index contributed by atoms with van der Waals surface area (Å²) in [5.74, 6) is 0. The van der Waals surface area contributed by atoms with Gasteiger partial charge in [0.25, 0.3) is 0 Å². The maximum Gasteiger partial charge on any atom is 0.140 e. The molecule has 152 valence electrons. The summed E-state index contributed by atoms with van der Waals surface area (Å²) < 4.78 is 12.4. The first-order valence-electron chi connectivity index (χ1n) is 10.5. The van der Waals surface area contributed by atoms with Crippen molar-refractivity contribution in [3.05, 3.63) is 48.0 Å². The van der Waals surface area contributed by atoms with Crippen LogP contribution in [0.4, 0.5) is 0 Å². The van der Waals surface area contributed by atoms with Crippen LogP contribution < -0.4 is 0 Å². The minimum absolute atomic E-state index is 0.0361. The molecule has 3 nitrogen and oxygen atoms in total. The van der Waals surface area contributed by atoms with Crippen molar-refractivity contribution in [3.8, 4) is 0 Å². The van der Waals surface area contributed by atoms with Gasteiger partial charge in [-0.3, -0.25) is 0 Å². The number of hydrogen-bond donors (Lipinski definition) is 0. The summed E-state index contributed by atoms with van der Waals surface area (Å²) in [6.45, 7) is 12.0. The molecule has 0 unspecified atom stereocenters. The monoisotopic (exact) mass is 399 g/mol. The molecule has 1 saturated carbocycles. The van der Waals surface area contributed by atoms with Crippen molar-refractivity contribution in [2.24, 2.45) is 10.8 Å². The van der Waals surface area contributed by atoms with Crippen LogP contribution in [0.5, 0.6) is 0 Å². The first-order valence-corrected chi connectivity index (χ1v) is 10.9. The Labute approximate surface area is 175 Å². The molecule has 2 heterocycles. The lowest BCUT2D eigenvalue weighted by Gasteiger charge is -2.56. The molecule has 0 spiro atoms. The zero-order valence-electron chi connectivity index (χ0n) is 17.7. The summed E-state index contributed by atoms with van der Waals surface area (Å²) in [5.41, 5.74) is 2.17. The second-order valence-corrected chi connectivity index (χ2v) is 9.83. The number of methoxy groups -OCH3 is 1. The largest absolute Gasteiger partial charge is 0.382 e. The quantitative estimate of drug-likeness (QED) is 0.481. The Bertz CT molecular complexity index is 780. The Morgan fingerprint density at radius 1 is 1.14 bits per heavy atom. The van der Waals surface area contributed by atoms with Crippen molar-refractivity contribution in [1.82, 2.24) is 4.90 Å². The van der Waals surface area contributed by atoms with E-state index >= 15 is 0 Å². The molecular formula is C24H33NO2S. The highest BCUT2D eigenvalue weighted by Crippen LogP contribution is 2.61. The van der Waals surface area contributed by atoms with E-state index in [9.17, 15) is 0 Å². The van der Waals surface area contributed by atoms with E-state index in [1.165, 1.54) is 24.0 Å². The van der Waals surface area contributed by atoms with Gasteiger partial charge in [0.05, 0.1) is 17.6 Å². The third kappa shape index (κ3) is 2.72. The third-order valence-corrected chi connectivity index (χ3v) is 8.62. The fourth-order valence-electron chi connectivity index (χ4n) is 5.85. The lowest BCUT2D eigenvalue weighted by molar-refractivity contribution is -0.0989. The molecule has 4 rings (SSSR count). The molecule has 0 N–H and O–H groups in total. The summed E-state index contributed by atoms with van der Waals surface area (Å²) in [7, 11) is 1.77. The SMILES string of the molecule is C=C1CCC[C@@]1(C)[C@]1(C)CC[C@@]2(C)O[C@@H](c3ccccc3)[C@H](COC)N2C1=S. The van der Waals surface area contributed by atoms with Crippen LogP contribution in [0.25, 0.3) is 0 Å². The second kappa shape index (κ2) is 6.93. The molecule has 1 aliphatic carbocycles. The van der Waals surface area contributed by atoms with Crippen molar-refractivity contribution in [2.75, 3.05) is 13.7 Å². The van der Waals surface area contributed by atoms with E-state index in [2.05, 4.69) is 56.5 Å². The number of nitrogens with zero attached hydrogens (tertiary/aromatic N) is 1. The minimum atomic E-state index is -0.378. The fourth-order valence-corrected chi connectivity index (χ4v) is 6.50. The Kier molecular flexibility index (Phi) is 4.96. The van der Waals surface area contributed by atoms with Crippen LogP contribution in [-0.4, -0.2) is 35.4 Å². The van der Waals surface area contributed by atoms with Crippen LogP contribution in [0.15, 0.2) is 42.5 Å². The molecule has 2 saturated heterocycles. The highest BCUT2D eigenvalue weighted by atomic mass is 32.1. The Balaban J connectivity index is 1.74. The van der Waals surface area contributed by atoms with Crippen molar-refractivity contribution in [2.45, 2.75) is 70.7 Å². The molecule has 5 atom stereocenters. The predicted octanol–water partition coefficient (Wildman–Crippen LogP) is 5.67.